The predicted octanol–water partition coefficient (Wildman–Crippen LogP) is 5.84. The van der Waals surface area contributed by atoms with Crippen LogP contribution >= 0.6 is 0 Å². The molecule has 0 radical (unpaired) electrons. The van der Waals surface area contributed by atoms with E-state index in [1.54, 1.807) is 0 Å². The molecule has 2 nitrogen and oxygen atoms in total. The average molecular weight is 335 g/mol. The number of esters is 1. The Labute approximate surface area is 149 Å². The van der Waals surface area contributed by atoms with Crippen LogP contribution in [0.25, 0.3) is 0 Å². The van der Waals surface area contributed by atoms with Gasteiger partial charge < -0.3 is 4.74 Å². The van der Waals surface area contributed by atoms with Crippen LogP contribution in [0.15, 0.2) is 0 Å². The van der Waals surface area contributed by atoms with Gasteiger partial charge in [0, 0.05) is 0 Å². The first-order valence-corrected chi connectivity index (χ1v) is 10.1. The second kappa shape index (κ2) is 5.74. The van der Waals surface area contributed by atoms with E-state index in [0.29, 0.717) is 11.8 Å². The molecule has 4 saturated carbocycles. The molecule has 138 valence electrons. The van der Waals surface area contributed by atoms with E-state index in [-0.39, 0.29) is 28.3 Å². The minimum atomic E-state index is -0.202. The van der Waals surface area contributed by atoms with Crippen LogP contribution in [0.2, 0.25) is 0 Å². The molecule has 0 aromatic carbocycles. The molecule has 0 spiro atoms. The molecule has 4 fully saturated rings. The van der Waals surface area contributed by atoms with Crippen LogP contribution in [-0.4, -0.2) is 11.6 Å². The summed E-state index contributed by atoms with van der Waals surface area (Å²) in [6, 6.07) is 0. The predicted molar refractivity (Wildman–Crippen MR) is 98.6 cm³/mol. The topological polar surface area (TPSA) is 26.3 Å². The molecule has 0 N–H and O–H groups in total. The molecular formula is C22H38O2. The van der Waals surface area contributed by atoms with Gasteiger partial charge in [-0.2, -0.15) is 0 Å². The zero-order valence-electron chi connectivity index (χ0n) is 16.9. The molecule has 4 rings (SSSR count). The van der Waals surface area contributed by atoms with Crippen molar-refractivity contribution in [2.75, 3.05) is 0 Å². The molecule has 0 aliphatic heterocycles. The van der Waals surface area contributed by atoms with Gasteiger partial charge in [0.1, 0.15) is 5.60 Å². The lowest BCUT2D eigenvalue weighted by molar-refractivity contribution is -0.210. The van der Waals surface area contributed by atoms with Crippen LogP contribution in [0, 0.1) is 40.4 Å². The maximum atomic E-state index is 13.2. The fourth-order valence-electron chi connectivity index (χ4n) is 5.93. The minimum absolute atomic E-state index is 0.0217. The summed E-state index contributed by atoms with van der Waals surface area (Å²) >= 11 is 0. The number of rotatable bonds is 3. The third-order valence-corrected chi connectivity index (χ3v) is 7.23. The van der Waals surface area contributed by atoms with Crippen LogP contribution < -0.4 is 0 Å². The summed E-state index contributed by atoms with van der Waals surface area (Å²) < 4.78 is 6.41. The van der Waals surface area contributed by atoms with Gasteiger partial charge in [-0.15, -0.1) is 0 Å². The van der Waals surface area contributed by atoms with Gasteiger partial charge in [0.25, 0.3) is 0 Å². The van der Waals surface area contributed by atoms with Crippen molar-refractivity contribution in [3.8, 4) is 0 Å². The number of hydrogen-bond acceptors (Lipinski definition) is 2. The summed E-state index contributed by atoms with van der Waals surface area (Å²) in [7, 11) is 0. The van der Waals surface area contributed by atoms with E-state index in [1.165, 1.54) is 32.1 Å². The molecule has 4 bridgehead atoms. The molecule has 0 aromatic rings. The van der Waals surface area contributed by atoms with Gasteiger partial charge in [-0.1, -0.05) is 41.5 Å². The van der Waals surface area contributed by atoms with Crippen molar-refractivity contribution in [1.82, 2.24) is 0 Å². The number of hydrogen-bond donors (Lipinski definition) is 0. The summed E-state index contributed by atoms with van der Waals surface area (Å²) in [5.41, 5.74) is -0.111. The SMILES string of the molecule is CC(C)(C)CC(C(=O)OC1(C)C2CC3CC(C2)CC1C3)C(C)(C)C. The zero-order valence-corrected chi connectivity index (χ0v) is 16.9. The van der Waals surface area contributed by atoms with Gasteiger partial charge in [-0.3, -0.25) is 4.79 Å². The highest BCUT2D eigenvalue weighted by Crippen LogP contribution is 2.59. The minimum Gasteiger partial charge on any atom is -0.459 e. The highest BCUT2D eigenvalue weighted by molar-refractivity contribution is 5.74. The van der Waals surface area contributed by atoms with Gasteiger partial charge in [-0.05, 0) is 80.0 Å². The van der Waals surface area contributed by atoms with E-state index in [9.17, 15) is 4.79 Å². The zero-order chi connectivity index (χ0) is 17.9. The highest BCUT2D eigenvalue weighted by atomic mass is 16.6. The fraction of sp³-hybridized carbons (Fsp3) is 0.955. The Morgan fingerprint density at radius 2 is 1.42 bits per heavy atom. The molecule has 0 heterocycles. The van der Waals surface area contributed by atoms with Gasteiger partial charge in [0.15, 0.2) is 0 Å². The van der Waals surface area contributed by atoms with Crippen molar-refractivity contribution in [3.05, 3.63) is 0 Å². The van der Waals surface area contributed by atoms with Crippen LogP contribution in [0.1, 0.15) is 87.0 Å². The summed E-state index contributed by atoms with van der Waals surface area (Å²) in [6.45, 7) is 15.5. The molecule has 2 heteroatoms. The summed E-state index contributed by atoms with van der Waals surface area (Å²) in [6.07, 6.45) is 7.48. The molecule has 1 atom stereocenters. The van der Waals surface area contributed by atoms with Crippen LogP contribution in [0.5, 0.6) is 0 Å². The lowest BCUT2D eigenvalue weighted by Gasteiger charge is -2.59. The van der Waals surface area contributed by atoms with Gasteiger partial charge in [-0.25, -0.2) is 0 Å². The van der Waals surface area contributed by atoms with E-state index in [1.807, 2.05) is 0 Å². The molecule has 0 aromatic heterocycles. The Morgan fingerprint density at radius 1 is 0.958 bits per heavy atom. The molecule has 0 amide bonds. The van der Waals surface area contributed by atoms with E-state index in [2.05, 4.69) is 48.5 Å². The van der Waals surface area contributed by atoms with Crippen molar-refractivity contribution in [2.45, 2.75) is 92.6 Å². The molecular weight excluding hydrogens is 296 g/mol. The van der Waals surface area contributed by atoms with Gasteiger partial charge in [0.2, 0.25) is 0 Å². The number of ether oxygens (including phenoxy) is 1. The van der Waals surface area contributed by atoms with Crippen molar-refractivity contribution >= 4 is 5.97 Å². The van der Waals surface area contributed by atoms with Gasteiger partial charge >= 0.3 is 5.97 Å². The average Bonchev–Trinajstić information content (AvgIpc) is 2.39. The molecule has 4 aliphatic rings. The van der Waals surface area contributed by atoms with Crippen molar-refractivity contribution < 1.29 is 9.53 Å². The molecule has 1 unspecified atom stereocenters. The first-order valence-electron chi connectivity index (χ1n) is 10.1. The number of carbonyl (C=O) groups is 1. The molecule has 4 aliphatic carbocycles. The van der Waals surface area contributed by atoms with E-state index in [0.717, 1.165) is 18.3 Å². The molecule has 0 saturated heterocycles. The van der Waals surface area contributed by atoms with Crippen LogP contribution in [-0.2, 0) is 9.53 Å². The Kier molecular flexibility index (Phi) is 4.37. The quantitative estimate of drug-likeness (QED) is 0.606. The lowest BCUT2D eigenvalue weighted by atomic mass is 9.50. The summed E-state index contributed by atoms with van der Waals surface area (Å²) in [4.78, 5) is 13.2. The Bertz CT molecular complexity index is 463. The standard InChI is InChI=1S/C22H38O2/c1-20(2,3)13-18(21(4,5)6)19(23)24-22(7)16-9-14-8-15(11-16)12-17(22)10-14/h14-18H,8-13H2,1-7H3. The van der Waals surface area contributed by atoms with E-state index in [4.69, 9.17) is 4.74 Å². The van der Waals surface area contributed by atoms with Crippen LogP contribution in [0.4, 0.5) is 0 Å². The second-order valence-corrected chi connectivity index (χ2v) is 11.6. The largest absolute Gasteiger partial charge is 0.459 e. The highest BCUT2D eigenvalue weighted by Gasteiger charge is 2.57. The van der Waals surface area contributed by atoms with Crippen molar-refractivity contribution in [3.63, 3.8) is 0 Å². The third-order valence-electron chi connectivity index (χ3n) is 7.23. The maximum Gasteiger partial charge on any atom is 0.310 e. The normalized spacial score (nSPS) is 39.8. The van der Waals surface area contributed by atoms with Crippen molar-refractivity contribution in [2.24, 2.45) is 40.4 Å². The Morgan fingerprint density at radius 3 is 1.79 bits per heavy atom. The smallest absolute Gasteiger partial charge is 0.310 e. The summed E-state index contributed by atoms with van der Waals surface area (Å²) in [5.74, 6) is 3.07. The van der Waals surface area contributed by atoms with Crippen molar-refractivity contribution in [1.29, 1.82) is 0 Å². The Hall–Kier alpha value is -0.530. The summed E-state index contributed by atoms with van der Waals surface area (Å²) in [5, 5.41) is 0. The second-order valence-electron chi connectivity index (χ2n) is 11.6. The van der Waals surface area contributed by atoms with E-state index >= 15 is 0 Å². The first kappa shape index (κ1) is 18.3. The number of carbonyl (C=O) groups excluding carboxylic acids is 1. The lowest BCUT2D eigenvalue weighted by Crippen LogP contribution is -2.58. The first-order chi connectivity index (χ1) is 10.9. The Balaban J connectivity index is 1.77. The maximum absolute atomic E-state index is 13.2. The van der Waals surface area contributed by atoms with Gasteiger partial charge in [0.05, 0.1) is 5.92 Å². The van der Waals surface area contributed by atoms with E-state index < -0.39 is 0 Å². The fourth-order valence-corrected chi connectivity index (χ4v) is 5.93. The van der Waals surface area contributed by atoms with Crippen LogP contribution in [0.3, 0.4) is 0 Å². The molecule has 24 heavy (non-hydrogen) atoms. The monoisotopic (exact) mass is 334 g/mol. The third kappa shape index (κ3) is 3.40.